The predicted molar refractivity (Wildman–Crippen MR) is 67.3 cm³/mol. The van der Waals surface area contributed by atoms with E-state index in [4.69, 9.17) is 16.9 Å². The average molecular weight is 276 g/mol. The molecule has 0 aliphatic rings. The second-order valence-corrected chi connectivity index (χ2v) is 4.29. The van der Waals surface area contributed by atoms with E-state index < -0.39 is 17.1 Å². The van der Waals surface area contributed by atoms with Crippen LogP contribution in [0.15, 0.2) is 0 Å². The summed E-state index contributed by atoms with van der Waals surface area (Å²) >= 11 is 1.38. The van der Waals surface area contributed by atoms with Gasteiger partial charge in [-0.15, -0.1) is 28.3 Å². The molecule has 7 nitrogen and oxygen atoms in total. The molecule has 0 saturated heterocycles. The highest BCUT2D eigenvalue weighted by Crippen LogP contribution is 2.02. The van der Waals surface area contributed by atoms with Gasteiger partial charge in [0.2, 0.25) is 0 Å². The third-order valence-electron chi connectivity index (χ3n) is 1.77. The van der Waals surface area contributed by atoms with Crippen LogP contribution < -0.4 is 5.73 Å². The fraction of sp³-hybridized carbons (Fsp3) is 0.700. The van der Waals surface area contributed by atoms with Crippen LogP contribution >= 0.6 is 11.8 Å². The molecule has 1 unspecified atom stereocenters. The Morgan fingerprint density at radius 3 is 2.78 bits per heavy atom. The number of hydrogen-bond acceptors (Lipinski definition) is 7. The van der Waals surface area contributed by atoms with Gasteiger partial charge in [-0.25, -0.2) is 0 Å². The van der Waals surface area contributed by atoms with Gasteiger partial charge in [-0.3, -0.25) is 4.79 Å². The number of nitrogens with zero attached hydrogens (tertiary/aromatic N) is 1. The van der Waals surface area contributed by atoms with Crippen molar-refractivity contribution >= 4 is 17.7 Å². The summed E-state index contributed by atoms with van der Waals surface area (Å²) in [7, 11) is 0. The number of terminal acetylenes is 1. The van der Waals surface area contributed by atoms with Crippen molar-refractivity contribution in [1.29, 1.82) is 0 Å². The molecule has 0 rings (SSSR count). The van der Waals surface area contributed by atoms with Crippen LogP contribution in [-0.4, -0.2) is 41.8 Å². The minimum atomic E-state index is -0.857. The zero-order chi connectivity index (χ0) is 13.8. The molecule has 2 N–H and O–H groups in total. The number of thioether (sulfide) groups is 1. The van der Waals surface area contributed by atoms with E-state index in [0.717, 1.165) is 0 Å². The van der Waals surface area contributed by atoms with Crippen molar-refractivity contribution in [2.24, 2.45) is 5.73 Å². The summed E-state index contributed by atoms with van der Waals surface area (Å²) in [6.07, 6.45) is 5.98. The number of rotatable bonds is 10. The predicted octanol–water partition coefficient (Wildman–Crippen LogP) is 0.212. The minimum absolute atomic E-state index is 0.00533. The maximum absolute atomic E-state index is 11.3. The van der Waals surface area contributed by atoms with Gasteiger partial charge in [-0.1, -0.05) is 5.92 Å². The van der Waals surface area contributed by atoms with Crippen molar-refractivity contribution < 1.29 is 19.5 Å². The number of carbonyl (C=O) groups is 1. The van der Waals surface area contributed by atoms with E-state index in [1.54, 1.807) is 0 Å². The monoisotopic (exact) mass is 276 g/mol. The van der Waals surface area contributed by atoms with Crippen LogP contribution in [0, 0.1) is 22.5 Å². The number of nitrogens with two attached hydrogens (primary N) is 1. The van der Waals surface area contributed by atoms with Crippen LogP contribution in [0.5, 0.6) is 0 Å². The Labute approximate surface area is 109 Å². The molecule has 0 aliphatic heterocycles. The lowest BCUT2D eigenvalue weighted by Crippen LogP contribution is -2.34. The molecule has 0 amide bonds. The van der Waals surface area contributed by atoms with Crippen LogP contribution in [0.1, 0.15) is 12.8 Å². The lowest BCUT2D eigenvalue weighted by Gasteiger charge is -2.10. The average Bonchev–Trinajstić information content (AvgIpc) is 2.33. The summed E-state index contributed by atoms with van der Waals surface area (Å²) in [6.45, 7) is 0.169. The lowest BCUT2D eigenvalue weighted by molar-refractivity contribution is -0.757. The van der Waals surface area contributed by atoms with Crippen molar-refractivity contribution in [3.05, 3.63) is 10.1 Å². The largest absolute Gasteiger partial charge is 0.465 e. The third-order valence-corrected chi connectivity index (χ3v) is 2.73. The molecule has 0 bridgehead atoms. The van der Waals surface area contributed by atoms with Crippen LogP contribution in [0.4, 0.5) is 0 Å². The van der Waals surface area contributed by atoms with Gasteiger partial charge in [-0.05, 0) is 12.8 Å². The van der Waals surface area contributed by atoms with Gasteiger partial charge in [-0.2, -0.15) is 0 Å². The van der Waals surface area contributed by atoms with E-state index in [2.05, 4.69) is 10.8 Å². The molecule has 0 heterocycles. The summed E-state index contributed by atoms with van der Waals surface area (Å²) in [6, 6.07) is -0.696. The molecular formula is C10H16N2O5S. The Balaban J connectivity index is 3.46. The molecule has 8 heteroatoms. The molecule has 0 saturated carbocycles. The zero-order valence-electron chi connectivity index (χ0n) is 9.87. The quantitative estimate of drug-likeness (QED) is 0.200. The van der Waals surface area contributed by atoms with Gasteiger partial charge < -0.3 is 15.3 Å². The summed E-state index contributed by atoms with van der Waals surface area (Å²) < 4.78 is 4.89. The molecule has 0 aromatic carbocycles. The van der Waals surface area contributed by atoms with E-state index in [1.165, 1.54) is 11.8 Å². The fourth-order valence-corrected chi connectivity index (χ4v) is 1.56. The van der Waals surface area contributed by atoms with Crippen molar-refractivity contribution in [2.45, 2.75) is 18.9 Å². The summed E-state index contributed by atoms with van der Waals surface area (Å²) in [4.78, 5) is 25.2. The first-order valence-electron chi connectivity index (χ1n) is 5.28. The fourth-order valence-electron chi connectivity index (χ4n) is 0.936. The van der Waals surface area contributed by atoms with E-state index in [1.807, 2.05) is 0 Å². The van der Waals surface area contributed by atoms with Gasteiger partial charge in [0.15, 0.2) is 0 Å². The Morgan fingerprint density at radius 2 is 2.17 bits per heavy atom. The minimum Gasteiger partial charge on any atom is -0.465 e. The Morgan fingerprint density at radius 1 is 1.50 bits per heavy atom. The highest BCUT2D eigenvalue weighted by molar-refractivity contribution is 7.99. The first-order chi connectivity index (χ1) is 8.57. The number of unbranched alkanes of at least 4 members (excludes halogenated alkanes) is 1. The summed E-state index contributed by atoms with van der Waals surface area (Å²) in [5.74, 6) is 2.84. The van der Waals surface area contributed by atoms with E-state index >= 15 is 0 Å². The van der Waals surface area contributed by atoms with Crippen LogP contribution in [0.3, 0.4) is 0 Å². The van der Waals surface area contributed by atoms with Gasteiger partial charge in [0.1, 0.15) is 6.04 Å². The van der Waals surface area contributed by atoms with Crippen LogP contribution in [0.25, 0.3) is 0 Å². The van der Waals surface area contributed by atoms with E-state index in [-0.39, 0.29) is 13.2 Å². The molecule has 0 aromatic heterocycles. The number of esters is 1. The van der Waals surface area contributed by atoms with E-state index in [0.29, 0.717) is 24.3 Å². The summed E-state index contributed by atoms with van der Waals surface area (Å²) in [5, 5.41) is 8.96. The van der Waals surface area contributed by atoms with Crippen molar-refractivity contribution in [1.82, 2.24) is 0 Å². The smallest absolute Gasteiger partial charge is 0.323 e. The number of carbonyl (C=O) groups excluding carboxylic acids is 1. The molecule has 0 radical (unpaired) electrons. The first kappa shape index (κ1) is 16.5. The SMILES string of the molecule is C#CCSCC(N)C(=O)OCCCCO[N+](=O)[O-]. The Bertz CT molecular complexity index is 305. The number of hydrogen-bond donors (Lipinski definition) is 1. The van der Waals surface area contributed by atoms with Gasteiger partial charge in [0, 0.05) is 5.75 Å². The molecule has 18 heavy (non-hydrogen) atoms. The standard InChI is InChI=1S/C10H16N2O5S/c1-2-7-18-8-9(11)10(13)16-5-3-4-6-17-12(14)15/h1,9H,3-8,11H2. The van der Waals surface area contributed by atoms with Gasteiger partial charge >= 0.3 is 5.97 Å². The maximum atomic E-state index is 11.3. The first-order valence-corrected chi connectivity index (χ1v) is 6.44. The molecule has 1 atom stereocenters. The van der Waals surface area contributed by atoms with Crippen LogP contribution in [0.2, 0.25) is 0 Å². The zero-order valence-corrected chi connectivity index (χ0v) is 10.7. The second-order valence-electron chi connectivity index (χ2n) is 3.26. The van der Waals surface area contributed by atoms with Gasteiger partial charge in [0.25, 0.3) is 5.09 Å². The normalized spacial score (nSPS) is 11.3. The molecule has 0 aliphatic carbocycles. The van der Waals surface area contributed by atoms with Crippen molar-refractivity contribution in [3.8, 4) is 12.3 Å². The third kappa shape index (κ3) is 9.74. The number of ether oxygens (including phenoxy) is 1. The lowest BCUT2D eigenvalue weighted by atomic mass is 10.3. The molecular weight excluding hydrogens is 260 g/mol. The van der Waals surface area contributed by atoms with Crippen LogP contribution in [-0.2, 0) is 14.4 Å². The Kier molecular flexibility index (Phi) is 9.81. The van der Waals surface area contributed by atoms with Crippen molar-refractivity contribution in [3.63, 3.8) is 0 Å². The maximum Gasteiger partial charge on any atom is 0.323 e. The van der Waals surface area contributed by atoms with Gasteiger partial charge in [0.05, 0.1) is 19.0 Å². The highest BCUT2D eigenvalue weighted by Gasteiger charge is 2.14. The van der Waals surface area contributed by atoms with Crippen molar-refractivity contribution in [2.75, 3.05) is 24.7 Å². The highest BCUT2D eigenvalue weighted by atomic mass is 32.2. The molecule has 0 aromatic rings. The molecule has 0 spiro atoms. The van der Waals surface area contributed by atoms with E-state index in [9.17, 15) is 14.9 Å². The topological polar surface area (TPSA) is 105 Å². The molecule has 102 valence electrons. The second kappa shape index (κ2) is 10.7. The summed E-state index contributed by atoms with van der Waals surface area (Å²) in [5.41, 5.74) is 5.56. The molecule has 0 fully saturated rings. The Hall–Kier alpha value is -1.46.